The normalized spacial score (nSPS) is 22.6. The molecule has 2 N–H and O–H groups in total. The average Bonchev–Trinajstić information content (AvgIpc) is 2.62. The summed E-state index contributed by atoms with van der Waals surface area (Å²) < 4.78 is 11.4. The van der Waals surface area contributed by atoms with Crippen molar-refractivity contribution < 1.29 is 14.3 Å². The predicted octanol–water partition coefficient (Wildman–Crippen LogP) is 0.623. The number of amides is 1. The number of carbonyl (C=O) groups excluding carboxylic acids is 1. The third kappa shape index (κ3) is 4.56. The highest BCUT2D eigenvalue weighted by Gasteiger charge is 2.30. The molecule has 1 aromatic heterocycles. The van der Waals surface area contributed by atoms with Crippen molar-refractivity contribution in [1.29, 1.82) is 0 Å². The van der Waals surface area contributed by atoms with E-state index in [1.165, 1.54) is 0 Å². The second-order valence-corrected chi connectivity index (χ2v) is 5.88. The Labute approximate surface area is 136 Å². The highest BCUT2D eigenvalue weighted by Crippen LogP contribution is 2.14. The van der Waals surface area contributed by atoms with Gasteiger partial charge in [0.1, 0.15) is 18.5 Å². The summed E-state index contributed by atoms with van der Waals surface area (Å²) in [4.78, 5) is 18.3. The topological polar surface area (TPSA) is 75.7 Å². The molecular weight excluding hydrogens is 296 g/mol. The number of pyridine rings is 1. The summed E-state index contributed by atoms with van der Waals surface area (Å²) in [7, 11) is 0. The average molecular weight is 320 g/mol. The van der Waals surface area contributed by atoms with Gasteiger partial charge in [0.25, 0.3) is 0 Å². The second kappa shape index (κ2) is 8.12. The van der Waals surface area contributed by atoms with Gasteiger partial charge in [-0.1, -0.05) is 0 Å². The van der Waals surface area contributed by atoms with Crippen LogP contribution in [-0.4, -0.2) is 67.5 Å². The zero-order valence-electron chi connectivity index (χ0n) is 13.2. The van der Waals surface area contributed by atoms with Crippen LogP contribution in [0.5, 0.6) is 5.75 Å². The number of hydrogen-bond donors (Lipinski definition) is 2. The van der Waals surface area contributed by atoms with E-state index in [0.29, 0.717) is 25.4 Å². The first-order valence-corrected chi connectivity index (χ1v) is 8.24. The minimum atomic E-state index is -0.224. The van der Waals surface area contributed by atoms with Crippen LogP contribution in [-0.2, 0) is 4.74 Å². The maximum Gasteiger partial charge on any atom is 0.410 e. The van der Waals surface area contributed by atoms with Crippen LogP contribution in [0.15, 0.2) is 24.5 Å². The Morgan fingerprint density at radius 2 is 2.17 bits per heavy atom. The molecule has 3 rings (SSSR count). The van der Waals surface area contributed by atoms with Crippen molar-refractivity contribution in [3.8, 4) is 5.75 Å². The number of piperidine rings is 1. The molecule has 1 atom stereocenters. The maximum atomic E-state index is 12.5. The summed E-state index contributed by atoms with van der Waals surface area (Å²) in [5, 5.41) is 6.58. The van der Waals surface area contributed by atoms with Gasteiger partial charge in [0, 0.05) is 25.8 Å². The van der Waals surface area contributed by atoms with E-state index in [-0.39, 0.29) is 18.2 Å². The van der Waals surface area contributed by atoms with Gasteiger partial charge in [0.2, 0.25) is 0 Å². The molecule has 2 fully saturated rings. The largest absolute Gasteiger partial charge is 0.490 e. The molecule has 1 unspecified atom stereocenters. The van der Waals surface area contributed by atoms with Gasteiger partial charge in [-0.05, 0) is 38.1 Å². The first-order chi connectivity index (χ1) is 11.3. The molecule has 2 saturated heterocycles. The van der Waals surface area contributed by atoms with Gasteiger partial charge in [-0.2, -0.15) is 0 Å². The summed E-state index contributed by atoms with van der Waals surface area (Å²) in [6.45, 7) is 4.39. The Bertz CT molecular complexity index is 493. The lowest BCUT2D eigenvalue weighted by atomic mass is 10.1. The van der Waals surface area contributed by atoms with Crippen molar-refractivity contribution in [3.05, 3.63) is 24.5 Å². The summed E-state index contributed by atoms with van der Waals surface area (Å²) in [5.74, 6) is 0.713. The van der Waals surface area contributed by atoms with Crippen LogP contribution in [0.3, 0.4) is 0 Å². The van der Waals surface area contributed by atoms with E-state index in [1.807, 2.05) is 12.1 Å². The highest BCUT2D eigenvalue weighted by atomic mass is 16.6. The predicted molar refractivity (Wildman–Crippen MR) is 85.5 cm³/mol. The fourth-order valence-corrected chi connectivity index (χ4v) is 2.90. The third-order valence-electron chi connectivity index (χ3n) is 4.22. The number of hydrogen-bond acceptors (Lipinski definition) is 6. The monoisotopic (exact) mass is 320 g/mol. The van der Waals surface area contributed by atoms with Gasteiger partial charge >= 0.3 is 6.09 Å². The minimum absolute atomic E-state index is 0.0264. The summed E-state index contributed by atoms with van der Waals surface area (Å²) in [5.41, 5.74) is 0. The first-order valence-electron chi connectivity index (χ1n) is 8.24. The fourth-order valence-electron chi connectivity index (χ4n) is 2.90. The molecular formula is C16H24N4O3. The van der Waals surface area contributed by atoms with Crippen LogP contribution < -0.4 is 15.4 Å². The molecule has 0 aromatic carbocycles. The Morgan fingerprint density at radius 1 is 1.30 bits per heavy atom. The number of piperazine rings is 1. The molecule has 2 aliphatic rings. The van der Waals surface area contributed by atoms with Crippen LogP contribution >= 0.6 is 0 Å². The maximum absolute atomic E-state index is 12.5. The molecule has 0 aliphatic carbocycles. The molecule has 23 heavy (non-hydrogen) atoms. The van der Waals surface area contributed by atoms with Crippen LogP contribution in [0.4, 0.5) is 4.79 Å². The zero-order chi connectivity index (χ0) is 15.9. The minimum Gasteiger partial charge on any atom is -0.490 e. The van der Waals surface area contributed by atoms with E-state index < -0.39 is 0 Å². The van der Waals surface area contributed by atoms with Crippen molar-refractivity contribution >= 4 is 6.09 Å². The molecule has 0 radical (unpaired) electrons. The molecule has 0 bridgehead atoms. The van der Waals surface area contributed by atoms with Crippen molar-refractivity contribution in [2.24, 2.45) is 0 Å². The number of nitrogens with one attached hydrogen (secondary N) is 2. The van der Waals surface area contributed by atoms with Crippen molar-refractivity contribution in [3.63, 3.8) is 0 Å². The molecule has 0 spiro atoms. The SMILES string of the molecule is O=C(OC1CCNCC1)N1CCNCC1COc1cccnc1. The van der Waals surface area contributed by atoms with E-state index in [0.717, 1.165) is 32.5 Å². The van der Waals surface area contributed by atoms with Gasteiger partial charge in [0.05, 0.1) is 12.2 Å². The highest BCUT2D eigenvalue weighted by molar-refractivity contribution is 5.68. The van der Waals surface area contributed by atoms with Gasteiger partial charge in [-0.3, -0.25) is 9.88 Å². The number of carbonyl (C=O) groups is 1. The molecule has 2 aliphatic heterocycles. The number of ether oxygens (including phenoxy) is 2. The van der Waals surface area contributed by atoms with Crippen molar-refractivity contribution in [2.45, 2.75) is 25.0 Å². The van der Waals surface area contributed by atoms with Gasteiger partial charge < -0.3 is 20.1 Å². The van der Waals surface area contributed by atoms with Gasteiger partial charge in [0.15, 0.2) is 0 Å². The quantitative estimate of drug-likeness (QED) is 0.847. The second-order valence-electron chi connectivity index (χ2n) is 5.88. The van der Waals surface area contributed by atoms with Crippen LogP contribution in [0.25, 0.3) is 0 Å². The van der Waals surface area contributed by atoms with Crippen molar-refractivity contribution in [1.82, 2.24) is 20.5 Å². The van der Waals surface area contributed by atoms with E-state index in [1.54, 1.807) is 17.3 Å². The molecule has 0 saturated carbocycles. The van der Waals surface area contributed by atoms with Gasteiger partial charge in [-0.15, -0.1) is 0 Å². The third-order valence-corrected chi connectivity index (χ3v) is 4.22. The smallest absolute Gasteiger partial charge is 0.410 e. The fraction of sp³-hybridized carbons (Fsp3) is 0.625. The lowest BCUT2D eigenvalue weighted by Crippen LogP contribution is -2.56. The van der Waals surface area contributed by atoms with E-state index in [4.69, 9.17) is 9.47 Å². The summed E-state index contributed by atoms with van der Waals surface area (Å²) in [6, 6.07) is 3.66. The lowest BCUT2D eigenvalue weighted by Gasteiger charge is -2.36. The Morgan fingerprint density at radius 3 is 2.96 bits per heavy atom. The van der Waals surface area contributed by atoms with Crippen molar-refractivity contribution in [2.75, 3.05) is 39.3 Å². The number of nitrogens with zero attached hydrogens (tertiary/aromatic N) is 2. The van der Waals surface area contributed by atoms with Crippen LogP contribution in [0, 0.1) is 0 Å². The molecule has 1 amide bonds. The van der Waals surface area contributed by atoms with E-state index in [2.05, 4.69) is 15.6 Å². The number of aromatic nitrogens is 1. The Balaban J connectivity index is 1.53. The molecule has 126 valence electrons. The molecule has 7 nitrogen and oxygen atoms in total. The Kier molecular flexibility index (Phi) is 5.65. The first kappa shape index (κ1) is 16.0. The molecule has 1 aromatic rings. The number of rotatable bonds is 4. The summed E-state index contributed by atoms with van der Waals surface area (Å²) >= 11 is 0. The van der Waals surface area contributed by atoms with Crippen LogP contribution in [0.2, 0.25) is 0 Å². The van der Waals surface area contributed by atoms with Gasteiger partial charge in [-0.25, -0.2) is 4.79 Å². The lowest BCUT2D eigenvalue weighted by molar-refractivity contribution is 0.0260. The summed E-state index contributed by atoms with van der Waals surface area (Å²) in [6.07, 6.45) is 4.95. The molecule has 7 heteroatoms. The Hall–Kier alpha value is -1.86. The standard InChI is InChI=1S/C16H24N4O3/c21-16(23-14-3-6-17-7-4-14)20-9-8-19-10-13(20)12-22-15-2-1-5-18-11-15/h1-2,5,11,13-14,17,19H,3-4,6-10,12H2. The molecule has 3 heterocycles. The van der Waals surface area contributed by atoms with E-state index >= 15 is 0 Å². The van der Waals surface area contributed by atoms with E-state index in [9.17, 15) is 4.79 Å². The van der Waals surface area contributed by atoms with Crippen LogP contribution in [0.1, 0.15) is 12.8 Å². The zero-order valence-corrected chi connectivity index (χ0v) is 13.2.